The molecule has 1 saturated carbocycles. The maximum Gasteiger partial charge on any atom is 0.240 e. The van der Waals surface area contributed by atoms with Crippen LogP contribution in [-0.2, 0) is 29.3 Å². The van der Waals surface area contributed by atoms with Crippen LogP contribution < -0.4 is 14.8 Å². The summed E-state index contributed by atoms with van der Waals surface area (Å²) in [6.07, 6.45) is 0.411. The van der Waals surface area contributed by atoms with E-state index >= 15 is 0 Å². The molecule has 9 atom stereocenters. The van der Waals surface area contributed by atoms with Gasteiger partial charge in [-0.3, -0.25) is 14.5 Å². The lowest BCUT2D eigenvalue weighted by molar-refractivity contribution is -0.182. The summed E-state index contributed by atoms with van der Waals surface area (Å²) in [6, 6.07) is 14.2. The van der Waals surface area contributed by atoms with E-state index in [-0.39, 0.29) is 30.8 Å². The summed E-state index contributed by atoms with van der Waals surface area (Å²) in [5, 5.41) is 26.4. The standard InChI is InChI=1S/C42H66N4O6/c1-26(2)17-34(23-44(9)10)45(22-33-15-12-16-36-40(33)51-25-50-36)20-31-13-11-14-32(19-31)21-46-39(38(30(6)48)37(24-47)52-46)41(49)43-35-18-27(3)42(7,8)29(5)28(35)4/h11-16,19,26-30,34-35,37-39,47-48H,17-18,20-25H2,1-10H3,(H,43,49)/t27-,28+,29+,30+,34+,35+,37+,38-,39+/m1/s1. The molecule has 2 fully saturated rings. The second kappa shape index (κ2) is 17.2. The molecule has 10 heteroatoms. The van der Waals surface area contributed by atoms with Gasteiger partial charge < -0.3 is 29.9 Å². The Balaban J connectivity index is 1.39. The maximum absolute atomic E-state index is 14.3. The molecule has 3 N–H and O–H groups in total. The Morgan fingerprint density at radius 1 is 1.04 bits per heavy atom. The van der Waals surface area contributed by atoms with Gasteiger partial charge in [-0.05, 0) is 80.1 Å². The first-order chi connectivity index (χ1) is 24.6. The fourth-order valence-electron chi connectivity index (χ4n) is 8.90. The van der Waals surface area contributed by atoms with Crippen LogP contribution in [0.1, 0.15) is 84.9 Å². The highest BCUT2D eigenvalue weighted by Gasteiger charge is 2.51. The first-order valence-electron chi connectivity index (χ1n) is 19.5. The summed E-state index contributed by atoms with van der Waals surface area (Å²) in [6.45, 7) is 20.3. The Labute approximate surface area is 312 Å². The molecule has 1 aliphatic carbocycles. The molecule has 0 spiro atoms. The molecule has 0 bridgehead atoms. The molecule has 290 valence electrons. The molecular formula is C42H66N4O6. The van der Waals surface area contributed by atoms with Gasteiger partial charge in [0.15, 0.2) is 11.5 Å². The number of carbonyl (C=O) groups is 1. The Morgan fingerprint density at radius 3 is 2.42 bits per heavy atom. The fraction of sp³-hybridized carbons (Fsp3) is 0.690. The highest BCUT2D eigenvalue weighted by molar-refractivity contribution is 5.82. The third kappa shape index (κ3) is 9.13. The number of fused-ring (bicyclic) bond motifs is 1. The number of rotatable bonds is 15. The van der Waals surface area contributed by atoms with Crippen molar-refractivity contribution >= 4 is 5.91 Å². The van der Waals surface area contributed by atoms with Crippen molar-refractivity contribution in [3.63, 3.8) is 0 Å². The van der Waals surface area contributed by atoms with Crippen LogP contribution in [0.25, 0.3) is 0 Å². The minimum absolute atomic E-state index is 0.0215. The summed E-state index contributed by atoms with van der Waals surface area (Å²) in [7, 11) is 4.26. The molecular weight excluding hydrogens is 656 g/mol. The Hall–Kier alpha value is -2.73. The van der Waals surface area contributed by atoms with Crippen molar-refractivity contribution in [1.29, 1.82) is 0 Å². The van der Waals surface area contributed by atoms with Crippen LogP contribution in [-0.4, -0.2) is 95.4 Å². The van der Waals surface area contributed by atoms with Crippen molar-refractivity contribution in [1.82, 2.24) is 20.2 Å². The summed E-state index contributed by atoms with van der Waals surface area (Å²) >= 11 is 0. The molecule has 1 saturated heterocycles. The van der Waals surface area contributed by atoms with E-state index in [9.17, 15) is 15.0 Å². The molecule has 2 aliphatic heterocycles. The highest BCUT2D eigenvalue weighted by Crippen LogP contribution is 2.47. The first-order valence-corrected chi connectivity index (χ1v) is 19.5. The quantitative estimate of drug-likeness (QED) is 0.214. The summed E-state index contributed by atoms with van der Waals surface area (Å²) < 4.78 is 11.6. The van der Waals surface area contributed by atoms with Crippen molar-refractivity contribution in [3.8, 4) is 11.5 Å². The molecule has 10 nitrogen and oxygen atoms in total. The predicted molar refractivity (Wildman–Crippen MR) is 204 cm³/mol. The maximum atomic E-state index is 14.3. The Morgan fingerprint density at radius 2 is 1.75 bits per heavy atom. The number of nitrogens with zero attached hydrogens (tertiary/aromatic N) is 3. The lowest BCUT2D eigenvalue weighted by Crippen LogP contribution is -2.56. The Kier molecular flexibility index (Phi) is 13.4. The van der Waals surface area contributed by atoms with Gasteiger partial charge in [0.25, 0.3) is 0 Å². The fourth-order valence-corrected chi connectivity index (χ4v) is 8.90. The van der Waals surface area contributed by atoms with Crippen molar-refractivity contribution in [2.75, 3.05) is 34.0 Å². The molecule has 2 heterocycles. The zero-order valence-corrected chi connectivity index (χ0v) is 33.3. The number of benzene rings is 2. The van der Waals surface area contributed by atoms with Crippen molar-refractivity contribution in [2.45, 2.75) is 118 Å². The lowest BCUT2D eigenvalue weighted by atomic mass is 9.58. The van der Waals surface area contributed by atoms with E-state index in [1.807, 2.05) is 12.1 Å². The summed E-state index contributed by atoms with van der Waals surface area (Å²) in [4.78, 5) is 25.4. The molecule has 52 heavy (non-hydrogen) atoms. The summed E-state index contributed by atoms with van der Waals surface area (Å²) in [5.41, 5.74) is 3.44. The van der Waals surface area contributed by atoms with Gasteiger partial charge >= 0.3 is 0 Å². The van der Waals surface area contributed by atoms with E-state index in [1.165, 1.54) is 0 Å². The highest BCUT2D eigenvalue weighted by atomic mass is 16.7. The third-order valence-electron chi connectivity index (χ3n) is 12.6. The monoisotopic (exact) mass is 722 g/mol. The largest absolute Gasteiger partial charge is 0.454 e. The van der Waals surface area contributed by atoms with Gasteiger partial charge in [0.1, 0.15) is 12.1 Å². The average molecular weight is 723 g/mol. The molecule has 2 aromatic rings. The molecule has 0 aromatic heterocycles. The Bertz CT molecular complexity index is 1470. The molecule has 0 unspecified atom stereocenters. The number of hydroxylamine groups is 2. The average Bonchev–Trinajstić information content (AvgIpc) is 3.71. The van der Waals surface area contributed by atoms with Crippen LogP contribution in [0.3, 0.4) is 0 Å². The SMILES string of the molecule is CC(C)C[C@@H](CN(C)C)N(Cc1cccc(CN2O[C@@H](CO)[C@@H]([C@H](C)O)[C@H]2C(=O)N[C@H]2C[C@@H](C)C(C)(C)[C@@H](C)[C@@H]2C)c1)Cc1cccc2c1OCO2. The zero-order chi connectivity index (χ0) is 37.9. The van der Waals surface area contributed by atoms with Gasteiger partial charge in [0.05, 0.1) is 19.3 Å². The van der Waals surface area contributed by atoms with Crippen LogP contribution >= 0.6 is 0 Å². The van der Waals surface area contributed by atoms with E-state index in [4.69, 9.17) is 14.3 Å². The number of aliphatic hydroxyl groups is 2. The first kappa shape index (κ1) is 40.5. The van der Waals surface area contributed by atoms with Gasteiger partial charge in [0, 0.05) is 43.2 Å². The second-order valence-corrected chi connectivity index (χ2v) is 17.3. The normalized spacial score (nSPS) is 28.5. The molecule has 0 radical (unpaired) electrons. The van der Waals surface area contributed by atoms with Gasteiger partial charge in [-0.25, -0.2) is 0 Å². The minimum Gasteiger partial charge on any atom is -0.454 e. The minimum atomic E-state index is -0.846. The predicted octanol–water partition coefficient (Wildman–Crippen LogP) is 5.69. The number of carbonyl (C=O) groups excluding carboxylic acids is 1. The zero-order valence-electron chi connectivity index (χ0n) is 33.3. The van der Waals surface area contributed by atoms with Crippen molar-refractivity contribution in [2.24, 2.45) is 35.0 Å². The van der Waals surface area contributed by atoms with Crippen LogP contribution in [0.4, 0.5) is 0 Å². The van der Waals surface area contributed by atoms with Crippen molar-refractivity contribution in [3.05, 3.63) is 59.2 Å². The second-order valence-electron chi connectivity index (χ2n) is 17.3. The van der Waals surface area contributed by atoms with E-state index < -0.39 is 24.2 Å². The van der Waals surface area contributed by atoms with Gasteiger partial charge in [-0.15, -0.1) is 0 Å². The molecule has 3 aliphatic rings. The van der Waals surface area contributed by atoms with Gasteiger partial charge in [0.2, 0.25) is 12.7 Å². The number of ether oxygens (including phenoxy) is 2. The van der Waals surface area contributed by atoms with Crippen LogP contribution in [0.15, 0.2) is 42.5 Å². The number of nitrogens with one attached hydrogen (secondary N) is 1. The topological polar surface area (TPSA) is 107 Å². The number of amides is 1. The lowest BCUT2D eigenvalue weighted by Gasteiger charge is -2.50. The van der Waals surface area contributed by atoms with Gasteiger partial charge in [-0.2, -0.15) is 5.06 Å². The number of hydrogen-bond acceptors (Lipinski definition) is 9. The molecule has 2 aromatic carbocycles. The van der Waals surface area contributed by atoms with Crippen LogP contribution in [0.2, 0.25) is 0 Å². The molecule has 5 rings (SSSR count). The van der Waals surface area contributed by atoms with Gasteiger partial charge in [-0.1, -0.05) is 84.9 Å². The van der Waals surface area contributed by atoms with Crippen LogP contribution in [0, 0.1) is 35.0 Å². The van der Waals surface area contributed by atoms with Crippen molar-refractivity contribution < 1.29 is 29.3 Å². The number of hydrogen-bond donors (Lipinski definition) is 3. The molecule has 1 amide bonds. The van der Waals surface area contributed by atoms with E-state index in [1.54, 1.807) is 12.0 Å². The van der Waals surface area contributed by atoms with E-state index in [0.717, 1.165) is 54.1 Å². The van der Waals surface area contributed by atoms with Crippen LogP contribution in [0.5, 0.6) is 11.5 Å². The van der Waals surface area contributed by atoms with E-state index in [0.29, 0.717) is 42.8 Å². The summed E-state index contributed by atoms with van der Waals surface area (Å²) in [5.74, 6) is 2.58. The third-order valence-corrected chi connectivity index (χ3v) is 12.6. The number of para-hydroxylation sites is 1. The number of likely N-dealkylation sites (N-methyl/N-ethyl adjacent to an activating group) is 1. The van der Waals surface area contributed by atoms with E-state index in [2.05, 4.69) is 108 Å². The number of aliphatic hydroxyl groups excluding tert-OH is 2. The smallest absolute Gasteiger partial charge is 0.240 e.